The molecule has 0 spiro atoms. The monoisotopic (exact) mass is 384 g/mol. The normalized spacial score (nSPS) is 16.8. The average Bonchev–Trinajstić information content (AvgIpc) is 2.97. The maximum absolute atomic E-state index is 12.6. The van der Waals surface area contributed by atoms with Gasteiger partial charge in [-0.3, -0.25) is 9.36 Å². The molecule has 1 unspecified atom stereocenters. The molecule has 0 fully saturated rings. The number of aryl methyl sites for hydroxylation is 1. The summed E-state index contributed by atoms with van der Waals surface area (Å²) in [6, 6.07) is 4.59. The van der Waals surface area contributed by atoms with Gasteiger partial charge in [-0.05, 0) is 24.6 Å². The molecule has 1 atom stereocenters. The van der Waals surface area contributed by atoms with Crippen LogP contribution in [0.4, 0.5) is 13.2 Å². The molecule has 1 N–H and O–H groups in total. The number of carbonyl (C=O) groups is 1. The second-order valence-corrected chi connectivity index (χ2v) is 6.14. The second-order valence-electron chi connectivity index (χ2n) is 6.14. The summed E-state index contributed by atoms with van der Waals surface area (Å²) in [6.07, 6.45) is -5.05. The maximum atomic E-state index is 12.6. The van der Waals surface area contributed by atoms with E-state index in [0.717, 1.165) is 12.1 Å². The van der Waals surface area contributed by atoms with Crippen molar-refractivity contribution >= 4 is 5.91 Å². The number of carbonyl (C=O) groups excluding carboxylic acids is 1. The van der Waals surface area contributed by atoms with Gasteiger partial charge in [-0.2, -0.15) is 18.3 Å². The van der Waals surface area contributed by atoms with Crippen LogP contribution in [0.3, 0.4) is 0 Å². The van der Waals surface area contributed by atoms with Gasteiger partial charge in [-0.25, -0.2) is 9.48 Å². The molecule has 0 saturated carbocycles. The van der Waals surface area contributed by atoms with Crippen LogP contribution in [0, 0.1) is 0 Å². The van der Waals surface area contributed by atoms with Crippen LogP contribution in [0.2, 0.25) is 0 Å². The summed E-state index contributed by atoms with van der Waals surface area (Å²) >= 11 is 0. The summed E-state index contributed by atoms with van der Waals surface area (Å²) in [6.45, 7) is 3.01. The predicted molar refractivity (Wildman–Crippen MR) is 88.8 cm³/mol. The van der Waals surface area contributed by atoms with Crippen molar-refractivity contribution in [3.05, 3.63) is 51.7 Å². The van der Waals surface area contributed by atoms with Gasteiger partial charge in [-0.15, -0.1) is 0 Å². The molecule has 0 bridgehead atoms. The van der Waals surface area contributed by atoms with Gasteiger partial charge in [0.1, 0.15) is 6.10 Å². The number of alkyl halides is 3. The van der Waals surface area contributed by atoms with Gasteiger partial charge in [0.25, 0.3) is 0 Å². The molecule has 0 aliphatic carbocycles. The van der Waals surface area contributed by atoms with E-state index >= 15 is 0 Å². The molecule has 1 aromatic carbocycles. The molecule has 27 heavy (non-hydrogen) atoms. The number of hydrogen-bond donors (Lipinski definition) is 1. The van der Waals surface area contributed by atoms with Crippen molar-refractivity contribution in [3.63, 3.8) is 0 Å². The first-order valence-corrected chi connectivity index (χ1v) is 8.51. The lowest BCUT2D eigenvalue weighted by Gasteiger charge is -2.22. The summed E-state index contributed by atoms with van der Waals surface area (Å²) in [5, 5.41) is 6.86. The van der Waals surface area contributed by atoms with Gasteiger partial charge in [0.05, 0.1) is 25.1 Å². The molecule has 0 radical (unpaired) electrons. The fraction of sp³-hybridized carbons (Fsp3) is 0.471. The largest absolute Gasteiger partial charge is 0.416 e. The lowest BCUT2D eigenvalue weighted by Crippen LogP contribution is -2.33. The number of halogens is 3. The first-order valence-electron chi connectivity index (χ1n) is 8.51. The minimum atomic E-state index is -4.39. The summed E-state index contributed by atoms with van der Waals surface area (Å²) in [5.74, 6) is 0.0737. The Balaban J connectivity index is 1.60. The highest BCUT2D eigenvalue weighted by atomic mass is 19.4. The molecule has 2 heterocycles. The zero-order chi connectivity index (χ0) is 19.6. The van der Waals surface area contributed by atoms with Crippen molar-refractivity contribution < 1.29 is 22.7 Å². The van der Waals surface area contributed by atoms with Crippen molar-refractivity contribution in [2.75, 3.05) is 6.61 Å². The lowest BCUT2D eigenvalue weighted by molar-refractivity contribution is -0.137. The number of hydrogen-bond acceptors (Lipinski definition) is 4. The Morgan fingerprint density at radius 2 is 2.04 bits per heavy atom. The highest BCUT2D eigenvalue weighted by Crippen LogP contribution is 2.29. The first kappa shape index (κ1) is 19.2. The summed E-state index contributed by atoms with van der Waals surface area (Å²) in [7, 11) is 0. The molecule has 2 aromatic rings. The fourth-order valence-electron chi connectivity index (χ4n) is 2.88. The Hall–Kier alpha value is -2.62. The third kappa shape index (κ3) is 4.21. The first-order chi connectivity index (χ1) is 12.8. The van der Waals surface area contributed by atoms with Crippen LogP contribution < -0.4 is 11.0 Å². The van der Waals surface area contributed by atoms with Gasteiger partial charge in [0.15, 0.2) is 5.82 Å². The number of nitrogens with one attached hydrogen (secondary N) is 1. The number of rotatable bonds is 5. The molecule has 146 valence electrons. The number of benzene rings is 1. The van der Waals surface area contributed by atoms with Crippen molar-refractivity contribution in [1.29, 1.82) is 0 Å². The van der Waals surface area contributed by atoms with E-state index in [2.05, 4.69) is 10.4 Å². The van der Waals surface area contributed by atoms with Gasteiger partial charge in [0, 0.05) is 13.1 Å². The number of nitrogens with zero attached hydrogens (tertiary/aromatic N) is 3. The van der Waals surface area contributed by atoms with E-state index in [1.165, 1.54) is 21.4 Å². The summed E-state index contributed by atoms with van der Waals surface area (Å²) in [5.41, 5.74) is -0.420. The Kier molecular flexibility index (Phi) is 5.36. The van der Waals surface area contributed by atoms with Crippen LogP contribution in [-0.4, -0.2) is 26.9 Å². The Morgan fingerprint density at radius 1 is 1.33 bits per heavy atom. The van der Waals surface area contributed by atoms with Crippen LogP contribution in [0.15, 0.2) is 29.1 Å². The average molecular weight is 384 g/mol. The number of amides is 1. The highest BCUT2D eigenvalue weighted by molar-refractivity contribution is 5.76. The van der Waals surface area contributed by atoms with Gasteiger partial charge < -0.3 is 10.1 Å². The molecule has 1 aromatic heterocycles. The second kappa shape index (κ2) is 7.55. The molecular weight excluding hydrogens is 365 g/mol. The SMILES string of the molecule is CCn1nc2n(c1=O)CCOC2CC(=O)NCc1ccc(C(F)(F)F)cc1. The zero-order valence-corrected chi connectivity index (χ0v) is 14.6. The molecule has 7 nitrogen and oxygen atoms in total. The maximum Gasteiger partial charge on any atom is 0.416 e. The van der Waals surface area contributed by atoms with Crippen LogP contribution in [0.25, 0.3) is 0 Å². The number of ether oxygens (including phenoxy) is 1. The third-order valence-electron chi connectivity index (χ3n) is 4.31. The third-order valence-corrected chi connectivity index (χ3v) is 4.31. The van der Waals surface area contributed by atoms with Crippen molar-refractivity contribution in [2.45, 2.75) is 45.3 Å². The Bertz CT molecular complexity index is 871. The number of aromatic nitrogens is 3. The van der Waals surface area contributed by atoms with E-state index in [1.54, 1.807) is 6.92 Å². The van der Waals surface area contributed by atoms with E-state index in [-0.39, 0.29) is 24.6 Å². The van der Waals surface area contributed by atoms with Crippen molar-refractivity contribution in [3.8, 4) is 0 Å². The smallest absolute Gasteiger partial charge is 0.368 e. The fourth-order valence-corrected chi connectivity index (χ4v) is 2.88. The molecular formula is C17H19F3N4O3. The quantitative estimate of drug-likeness (QED) is 0.854. The van der Waals surface area contributed by atoms with E-state index in [9.17, 15) is 22.8 Å². The lowest BCUT2D eigenvalue weighted by atomic mass is 10.1. The predicted octanol–water partition coefficient (Wildman–Crippen LogP) is 1.86. The number of fused-ring (bicyclic) bond motifs is 1. The van der Waals surface area contributed by atoms with Gasteiger partial charge >= 0.3 is 11.9 Å². The Labute approximate surface area is 152 Å². The molecule has 1 aliphatic heterocycles. The van der Waals surface area contributed by atoms with E-state index in [4.69, 9.17) is 4.74 Å². The summed E-state index contributed by atoms with van der Waals surface area (Å²) < 4.78 is 46.1. The minimum absolute atomic E-state index is 0.0270. The summed E-state index contributed by atoms with van der Waals surface area (Å²) in [4.78, 5) is 24.3. The van der Waals surface area contributed by atoms with Gasteiger partial charge in [0.2, 0.25) is 5.91 Å². The van der Waals surface area contributed by atoms with E-state index in [1.807, 2.05) is 0 Å². The minimum Gasteiger partial charge on any atom is -0.368 e. The Morgan fingerprint density at radius 3 is 2.67 bits per heavy atom. The molecule has 1 amide bonds. The van der Waals surface area contributed by atoms with E-state index < -0.39 is 17.8 Å². The standard InChI is InChI=1S/C17H19F3N4O3/c1-2-24-16(26)23-7-8-27-13(15(23)22-24)9-14(25)21-10-11-3-5-12(6-4-11)17(18,19)20/h3-6,13H,2,7-10H2,1H3,(H,21,25). The molecule has 1 aliphatic rings. The van der Waals surface area contributed by atoms with Gasteiger partial charge in [-0.1, -0.05) is 12.1 Å². The molecule has 0 saturated heterocycles. The van der Waals surface area contributed by atoms with Crippen LogP contribution in [0.5, 0.6) is 0 Å². The van der Waals surface area contributed by atoms with Crippen molar-refractivity contribution in [1.82, 2.24) is 19.7 Å². The molecule has 10 heteroatoms. The topological polar surface area (TPSA) is 78.2 Å². The zero-order valence-electron chi connectivity index (χ0n) is 14.6. The van der Waals surface area contributed by atoms with Crippen LogP contribution in [0.1, 0.15) is 36.4 Å². The highest BCUT2D eigenvalue weighted by Gasteiger charge is 2.30. The van der Waals surface area contributed by atoms with Crippen LogP contribution >= 0.6 is 0 Å². The van der Waals surface area contributed by atoms with E-state index in [0.29, 0.717) is 31.1 Å². The van der Waals surface area contributed by atoms with Crippen molar-refractivity contribution in [2.24, 2.45) is 0 Å². The van der Waals surface area contributed by atoms with Crippen LogP contribution in [-0.2, 0) is 35.3 Å². The molecule has 3 rings (SSSR count).